The fraction of sp³-hybridized carbons (Fsp3) is 0.360. The van der Waals surface area contributed by atoms with Gasteiger partial charge >= 0.3 is 6.18 Å². The Bertz CT molecular complexity index is 1240. The number of nitrogens with zero attached hydrogens (tertiary/aromatic N) is 4. The first-order valence-corrected chi connectivity index (χ1v) is 12.0. The molecule has 1 fully saturated rings. The number of alkyl halides is 3. The molecule has 190 valence electrons. The molecule has 3 heterocycles. The van der Waals surface area contributed by atoms with Gasteiger partial charge in [0.25, 0.3) is 5.91 Å². The van der Waals surface area contributed by atoms with Crippen LogP contribution in [0.2, 0.25) is 5.02 Å². The number of benzene rings is 2. The van der Waals surface area contributed by atoms with Crippen LogP contribution in [0.25, 0.3) is 0 Å². The summed E-state index contributed by atoms with van der Waals surface area (Å²) in [6.07, 6.45) is -4.76. The molecule has 1 N–H and O–H groups in total. The fourth-order valence-corrected chi connectivity index (χ4v) is 4.92. The van der Waals surface area contributed by atoms with Crippen molar-refractivity contribution in [3.05, 3.63) is 70.9 Å². The van der Waals surface area contributed by atoms with E-state index in [9.17, 15) is 18.0 Å². The fourth-order valence-electron chi connectivity index (χ4n) is 4.80. The van der Waals surface area contributed by atoms with E-state index in [1.165, 1.54) is 6.07 Å². The molecule has 7 nitrogen and oxygen atoms in total. The molecular formula is C25H25ClF3N5O2. The molecule has 0 unspecified atom stereocenters. The molecular weight excluding hydrogens is 495 g/mol. The SMILES string of the molecule is COc1ccccc1N1CCN(C(=O)c2cc3n(n2)[C@@H](C(F)(F)F)C[C@@H](c2ccc(Cl)cc2)N3)CC1. The number of piperazine rings is 1. The van der Waals surface area contributed by atoms with Gasteiger partial charge in [-0.3, -0.25) is 4.79 Å². The van der Waals surface area contributed by atoms with Crippen LogP contribution in [0.1, 0.15) is 34.6 Å². The number of hydrogen-bond donors (Lipinski definition) is 1. The van der Waals surface area contributed by atoms with Crippen LogP contribution in [0.5, 0.6) is 5.75 Å². The lowest BCUT2D eigenvalue weighted by molar-refractivity contribution is -0.173. The third-order valence-corrected chi connectivity index (χ3v) is 6.93. The third kappa shape index (κ3) is 4.69. The zero-order chi connectivity index (χ0) is 25.4. The molecule has 0 saturated carbocycles. The molecule has 0 spiro atoms. The van der Waals surface area contributed by atoms with Crippen molar-refractivity contribution in [2.75, 3.05) is 43.5 Å². The monoisotopic (exact) mass is 519 g/mol. The predicted molar refractivity (Wildman–Crippen MR) is 131 cm³/mol. The van der Waals surface area contributed by atoms with Crippen molar-refractivity contribution in [2.45, 2.75) is 24.7 Å². The summed E-state index contributed by atoms with van der Waals surface area (Å²) in [5.41, 5.74) is 1.62. The van der Waals surface area contributed by atoms with Crippen molar-refractivity contribution in [1.29, 1.82) is 0 Å². The van der Waals surface area contributed by atoms with Crippen LogP contribution >= 0.6 is 11.6 Å². The number of hydrogen-bond acceptors (Lipinski definition) is 5. The summed E-state index contributed by atoms with van der Waals surface area (Å²) in [4.78, 5) is 17.0. The van der Waals surface area contributed by atoms with Crippen LogP contribution in [-0.4, -0.2) is 60.1 Å². The molecule has 0 aliphatic carbocycles. The number of nitrogens with one attached hydrogen (secondary N) is 1. The zero-order valence-corrected chi connectivity index (χ0v) is 20.3. The van der Waals surface area contributed by atoms with Gasteiger partial charge in [-0.25, -0.2) is 4.68 Å². The number of aromatic nitrogens is 2. The molecule has 2 aliphatic heterocycles. The van der Waals surface area contributed by atoms with Gasteiger partial charge in [-0.2, -0.15) is 18.3 Å². The van der Waals surface area contributed by atoms with Gasteiger partial charge in [-0.15, -0.1) is 0 Å². The maximum Gasteiger partial charge on any atom is 0.410 e. The average Bonchev–Trinajstić information content (AvgIpc) is 3.32. The quantitative estimate of drug-likeness (QED) is 0.515. The van der Waals surface area contributed by atoms with Gasteiger partial charge in [-0.05, 0) is 29.8 Å². The normalized spacial score (nSPS) is 20.0. The first kappa shape index (κ1) is 24.3. The molecule has 1 saturated heterocycles. The van der Waals surface area contributed by atoms with Crippen LogP contribution in [0.4, 0.5) is 24.7 Å². The van der Waals surface area contributed by atoms with Gasteiger partial charge in [0.1, 0.15) is 11.6 Å². The number of amides is 1. The summed E-state index contributed by atoms with van der Waals surface area (Å²) in [6, 6.07) is 13.3. The maximum atomic E-state index is 14.0. The van der Waals surface area contributed by atoms with Crippen molar-refractivity contribution in [3.8, 4) is 5.75 Å². The van der Waals surface area contributed by atoms with Crippen LogP contribution in [0.3, 0.4) is 0 Å². The Morgan fingerprint density at radius 2 is 1.78 bits per heavy atom. The molecule has 1 amide bonds. The minimum absolute atomic E-state index is 0.00533. The second kappa shape index (κ2) is 9.57. The van der Waals surface area contributed by atoms with E-state index >= 15 is 0 Å². The van der Waals surface area contributed by atoms with Crippen LogP contribution in [0.15, 0.2) is 54.6 Å². The number of para-hydroxylation sites is 2. The van der Waals surface area contributed by atoms with Crippen LogP contribution in [-0.2, 0) is 0 Å². The molecule has 0 radical (unpaired) electrons. The maximum absolute atomic E-state index is 14.0. The number of methoxy groups -OCH3 is 1. The second-order valence-electron chi connectivity index (χ2n) is 8.85. The highest BCUT2D eigenvalue weighted by Gasteiger charge is 2.47. The van der Waals surface area contributed by atoms with E-state index in [-0.39, 0.29) is 23.8 Å². The number of rotatable bonds is 4. The highest BCUT2D eigenvalue weighted by Crippen LogP contribution is 2.43. The van der Waals surface area contributed by atoms with Gasteiger partial charge in [0.15, 0.2) is 11.7 Å². The van der Waals surface area contributed by atoms with Gasteiger partial charge in [0.05, 0.1) is 18.8 Å². The molecule has 2 aromatic carbocycles. The van der Waals surface area contributed by atoms with Crippen molar-refractivity contribution < 1.29 is 22.7 Å². The van der Waals surface area contributed by atoms with E-state index in [1.54, 1.807) is 36.3 Å². The molecule has 2 atom stereocenters. The zero-order valence-electron chi connectivity index (χ0n) is 19.5. The molecule has 11 heteroatoms. The average molecular weight is 520 g/mol. The van der Waals surface area contributed by atoms with E-state index in [0.717, 1.165) is 16.1 Å². The Balaban J connectivity index is 1.34. The van der Waals surface area contributed by atoms with E-state index in [2.05, 4.69) is 15.3 Å². The summed E-state index contributed by atoms with van der Waals surface area (Å²) in [6.45, 7) is 1.98. The summed E-state index contributed by atoms with van der Waals surface area (Å²) in [5.74, 6) is 0.528. The Kier molecular flexibility index (Phi) is 6.46. The highest BCUT2D eigenvalue weighted by molar-refractivity contribution is 6.30. The lowest BCUT2D eigenvalue weighted by atomic mass is 9.97. The van der Waals surface area contributed by atoms with Crippen molar-refractivity contribution in [3.63, 3.8) is 0 Å². The van der Waals surface area contributed by atoms with Gasteiger partial charge in [-0.1, -0.05) is 35.9 Å². The summed E-state index contributed by atoms with van der Waals surface area (Å²) in [7, 11) is 1.61. The van der Waals surface area contributed by atoms with Crippen LogP contribution in [0, 0.1) is 0 Å². The number of carbonyl (C=O) groups excluding carboxylic acids is 1. The summed E-state index contributed by atoms with van der Waals surface area (Å²) in [5, 5.41) is 7.73. The Morgan fingerprint density at radius 3 is 2.44 bits per heavy atom. The first-order valence-electron chi connectivity index (χ1n) is 11.6. The Morgan fingerprint density at radius 1 is 1.08 bits per heavy atom. The predicted octanol–water partition coefficient (Wildman–Crippen LogP) is 5.17. The lowest BCUT2D eigenvalue weighted by Crippen LogP contribution is -2.49. The minimum atomic E-state index is -4.52. The second-order valence-corrected chi connectivity index (χ2v) is 9.29. The van der Waals surface area contributed by atoms with Crippen molar-refractivity contribution in [2.24, 2.45) is 0 Å². The summed E-state index contributed by atoms with van der Waals surface area (Å²) >= 11 is 5.94. The van der Waals surface area contributed by atoms with Gasteiger partial charge in [0, 0.05) is 43.7 Å². The standard InChI is InChI=1S/C25H25ClF3N5O2/c1-36-21-5-3-2-4-20(21)32-10-12-33(13-11-32)24(35)19-15-23-30-18(16-6-8-17(26)9-7-16)14-22(25(27,28)29)34(23)31-19/h2-9,15,18,22,30H,10-14H2,1H3/t18-,22+/m0/s1. The third-order valence-electron chi connectivity index (χ3n) is 6.67. The van der Waals surface area contributed by atoms with Crippen molar-refractivity contribution >= 4 is 29.0 Å². The molecule has 2 aliphatic rings. The topological polar surface area (TPSA) is 62.6 Å². The number of ether oxygens (including phenoxy) is 1. The first-order chi connectivity index (χ1) is 17.2. The van der Waals surface area contributed by atoms with Crippen molar-refractivity contribution in [1.82, 2.24) is 14.7 Å². The number of carbonyl (C=O) groups is 1. The Labute approximate surface area is 211 Å². The molecule has 3 aromatic rings. The molecule has 0 bridgehead atoms. The number of anilines is 2. The lowest BCUT2D eigenvalue weighted by Gasteiger charge is -2.36. The molecule has 1 aromatic heterocycles. The number of fused-ring (bicyclic) bond motifs is 1. The Hall–Kier alpha value is -3.40. The van der Waals surface area contributed by atoms with Crippen LogP contribution < -0.4 is 15.0 Å². The van der Waals surface area contributed by atoms with Gasteiger partial charge < -0.3 is 19.9 Å². The van der Waals surface area contributed by atoms with Gasteiger partial charge in [0.2, 0.25) is 0 Å². The smallest absolute Gasteiger partial charge is 0.410 e. The minimum Gasteiger partial charge on any atom is -0.495 e. The van der Waals surface area contributed by atoms with E-state index in [0.29, 0.717) is 36.8 Å². The number of halogens is 4. The van der Waals surface area contributed by atoms with E-state index in [1.807, 2.05) is 24.3 Å². The highest BCUT2D eigenvalue weighted by atomic mass is 35.5. The van der Waals surface area contributed by atoms with E-state index < -0.39 is 18.3 Å². The largest absolute Gasteiger partial charge is 0.495 e. The van der Waals surface area contributed by atoms with E-state index in [4.69, 9.17) is 16.3 Å². The summed E-state index contributed by atoms with van der Waals surface area (Å²) < 4.78 is 48.3. The molecule has 5 rings (SSSR count). The molecule has 36 heavy (non-hydrogen) atoms.